The van der Waals surface area contributed by atoms with Crippen LogP contribution in [0.15, 0.2) is 30.5 Å². The second-order valence-electron chi connectivity index (χ2n) is 3.88. The van der Waals surface area contributed by atoms with Crippen molar-refractivity contribution in [2.24, 2.45) is 0 Å². The molecule has 3 aromatic rings. The standard InChI is InChI=1S/C12H7ClN4O2S/c13-6-3-4-7-10(17-20-16-7)9(6)15-12(19)11-8(18)2-1-5-14-11/h1-5,18H,(H,15,19). The van der Waals surface area contributed by atoms with Gasteiger partial charge in [-0.2, -0.15) is 8.75 Å². The number of nitrogens with one attached hydrogen (secondary N) is 1. The molecule has 0 spiro atoms. The number of nitrogens with zero attached hydrogens (tertiary/aromatic N) is 3. The lowest BCUT2D eigenvalue weighted by Gasteiger charge is -2.07. The van der Waals surface area contributed by atoms with Crippen molar-refractivity contribution in [2.45, 2.75) is 0 Å². The molecule has 100 valence electrons. The molecule has 0 atom stereocenters. The van der Waals surface area contributed by atoms with Gasteiger partial charge >= 0.3 is 0 Å². The highest BCUT2D eigenvalue weighted by Crippen LogP contribution is 2.30. The van der Waals surface area contributed by atoms with Crippen LogP contribution in [-0.4, -0.2) is 24.7 Å². The molecular weight excluding hydrogens is 300 g/mol. The summed E-state index contributed by atoms with van der Waals surface area (Å²) >= 11 is 7.10. The third-order valence-corrected chi connectivity index (χ3v) is 3.47. The topological polar surface area (TPSA) is 88.0 Å². The van der Waals surface area contributed by atoms with E-state index in [0.717, 1.165) is 11.7 Å². The van der Waals surface area contributed by atoms with Crippen molar-refractivity contribution >= 4 is 46.0 Å². The van der Waals surface area contributed by atoms with E-state index in [1.165, 1.54) is 18.3 Å². The number of halogens is 1. The number of carbonyl (C=O) groups is 1. The van der Waals surface area contributed by atoms with Gasteiger partial charge in [0.25, 0.3) is 5.91 Å². The van der Waals surface area contributed by atoms with Crippen LogP contribution in [0.1, 0.15) is 10.5 Å². The Morgan fingerprint density at radius 1 is 1.30 bits per heavy atom. The number of aromatic nitrogens is 3. The first-order valence-corrected chi connectivity index (χ1v) is 6.64. The summed E-state index contributed by atoms with van der Waals surface area (Å²) in [4.78, 5) is 15.9. The summed E-state index contributed by atoms with van der Waals surface area (Å²) in [6, 6.07) is 6.26. The van der Waals surface area contributed by atoms with E-state index in [1.54, 1.807) is 12.1 Å². The molecule has 0 fully saturated rings. The van der Waals surface area contributed by atoms with Gasteiger partial charge < -0.3 is 10.4 Å². The minimum absolute atomic E-state index is 0.0799. The van der Waals surface area contributed by atoms with Crippen LogP contribution in [0, 0.1) is 0 Å². The van der Waals surface area contributed by atoms with Gasteiger partial charge in [0.2, 0.25) is 0 Å². The van der Waals surface area contributed by atoms with Crippen molar-refractivity contribution in [1.82, 2.24) is 13.7 Å². The maximum atomic E-state index is 12.1. The molecule has 2 N–H and O–H groups in total. The molecule has 0 saturated carbocycles. The molecule has 0 aliphatic heterocycles. The van der Waals surface area contributed by atoms with Gasteiger partial charge in [-0.1, -0.05) is 11.6 Å². The minimum atomic E-state index is -0.564. The van der Waals surface area contributed by atoms with E-state index in [9.17, 15) is 9.90 Å². The maximum absolute atomic E-state index is 12.1. The van der Waals surface area contributed by atoms with Crippen LogP contribution >= 0.6 is 23.3 Å². The minimum Gasteiger partial charge on any atom is -0.505 e. The van der Waals surface area contributed by atoms with Gasteiger partial charge in [0.1, 0.15) is 16.8 Å². The highest BCUT2D eigenvalue weighted by molar-refractivity contribution is 7.00. The van der Waals surface area contributed by atoms with Gasteiger partial charge in [-0.05, 0) is 24.3 Å². The average Bonchev–Trinajstić information content (AvgIpc) is 2.91. The normalized spacial score (nSPS) is 10.7. The van der Waals surface area contributed by atoms with E-state index in [1.807, 2.05) is 0 Å². The summed E-state index contributed by atoms with van der Waals surface area (Å²) in [5.41, 5.74) is 1.42. The first kappa shape index (κ1) is 12.8. The molecule has 1 aromatic carbocycles. The Kier molecular flexibility index (Phi) is 3.21. The Morgan fingerprint density at radius 2 is 2.15 bits per heavy atom. The van der Waals surface area contributed by atoms with Gasteiger partial charge in [-0.3, -0.25) is 4.79 Å². The fourth-order valence-corrected chi connectivity index (χ4v) is 2.43. The third kappa shape index (κ3) is 2.17. The quantitative estimate of drug-likeness (QED) is 0.760. The highest BCUT2D eigenvalue weighted by Gasteiger charge is 2.17. The van der Waals surface area contributed by atoms with Gasteiger partial charge in [-0.15, -0.1) is 0 Å². The number of benzene rings is 1. The SMILES string of the molecule is O=C(Nc1c(Cl)ccc2nsnc12)c1ncccc1O. The molecule has 0 bridgehead atoms. The summed E-state index contributed by atoms with van der Waals surface area (Å²) in [6.07, 6.45) is 1.42. The summed E-state index contributed by atoms with van der Waals surface area (Å²) in [6.45, 7) is 0. The molecule has 3 rings (SSSR count). The van der Waals surface area contributed by atoms with Crippen LogP contribution < -0.4 is 5.32 Å². The smallest absolute Gasteiger partial charge is 0.278 e. The number of hydrogen-bond donors (Lipinski definition) is 2. The highest BCUT2D eigenvalue weighted by atomic mass is 35.5. The van der Waals surface area contributed by atoms with E-state index in [2.05, 4.69) is 19.0 Å². The zero-order valence-electron chi connectivity index (χ0n) is 9.87. The summed E-state index contributed by atoms with van der Waals surface area (Å²) in [5.74, 6) is -0.768. The lowest BCUT2D eigenvalue weighted by atomic mass is 10.2. The fourth-order valence-electron chi connectivity index (χ4n) is 1.69. The van der Waals surface area contributed by atoms with E-state index < -0.39 is 5.91 Å². The van der Waals surface area contributed by atoms with Crippen molar-refractivity contribution in [3.8, 4) is 5.75 Å². The molecule has 20 heavy (non-hydrogen) atoms. The molecule has 6 nitrogen and oxygen atoms in total. The number of aromatic hydroxyl groups is 1. The molecule has 2 heterocycles. The van der Waals surface area contributed by atoms with Crippen LogP contribution in [0.5, 0.6) is 5.75 Å². The molecule has 0 aliphatic carbocycles. The van der Waals surface area contributed by atoms with Crippen molar-refractivity contribution in [3.05, 3.63) is 41.2 Å². The second-order valence-corrected chi connectivity index (χ2v) is 4.82. The molecule has 1 amide bonds. The van der Waals surface area contributed by atoms with Gasteiger partial charge in [0.15, 0.2) is 5.69 Å². The largest absolute Gasteiger partial charge is 0.505 e. The molecule has 2 aromatic heterocycles. The average molecular weight is 307 g/mol. The number of hydrogen-bond acceptors (Lipinski definition) is 6. The number of amides is 1. The summed E-state index contributed by atoms with van der Waals surface area (Å²) in [5, 5.41) is 12.6. The second kappa shape index (κ2) is 5.03. The molecule has 0 aliphatic rings. The van der Waals surface area contributed by atoms with Crippen molar-refractivity contribution in [3.63, 3.8) is 0 Å². The van der Waals surface area contributed by atoms with E-state index in [4.69, 9.17) is 11.6 Å². The van der Waals surface area contributed by atoms with E-state index >= 15 is 0 Å². The number of pyridine rings is 1. The first-order chi connectivity index (χ1) is 9.66. The zero-order valence-corrected chi connectivity index (χ0v) is 11.4. The van der Waals surface area contributed by atoms with Gasteiger partial charge in [0.05, 0.1) is 22.4 Å². The van der Waals surface area contributed by atoms with Crippen LogP contribution in [-0.2, 0) is 0 Å². The van der Waals surface area contributed by atoms with Crippen molar-refractivity contribution < 1.29 is 9.90 Å². The molecular formula is C12H7ClN4O2S. The Hall–Kier alpha value is -2.25. The van der Waals surface area contributed by atoms with Crippen LogP contribution in [0.25, 0.3) is 11.0 Å². The predicted molar refractivity (Wildman–Crippen MR) is 76.3 cm³/mol. The fraction of sp³-hybridized carbons (Fsp3) is 0. The first-order valence-electron chi connectivity index (χ1n) is 5.53. The number of fused-ring (bicyclic) bond motifs is 1. The maximum Gasteiger partial charge on any atom is 0.278 e. The van der Waals surface area contributed by atoms with Crippen LogP contribution in [0.2, 0.25) is 5.02 Å². The Bertz CT molecular complexity index is 805. The van der Waals surface area contributed by atoms with E-state index in [0.29, 0.717) is 21.7 Å². The number of carbonyl (C=O) groups excluding carboxylic acids is 1. The third-order valence-electron chi connectivity index (χ3n) is 2.62. The monoisotopic (exact) mass is 306 g/mol. The number of rotatable bonds is 2. The van der Waals surface area contributed by atoms with Gasteiger partial charge in [0, 0.05) is 6.20 Å². The summed E-state index contributed by atoms with van der Waals surface area (Å²) < 4.78 is 8.17. The van der Waals surface area contributed by atoms with E-state index in [-0.39, 0.29) is 11.4 Å². The Balaban J connectivity index is 2.01. The molecule has 0 radical (unpaired) electrons. The lowest BCUT2D eigenvalue weighted by Crippen LogP contribution is -2.14. The Labute approximate surface area is 122 Å². The van der Waals surface area contributed by atoms with Crippen LogP contribution in [0.3, 0.4) is 0 Å². The van der Waals surface area contributed by atoms with Crippen molar-refractivity contribution in [1.29, 1.82) is 0 Å². The molecule has 0 saturated heterocycles. The molecule has 8 heteroatoms. The van der Waals surface area contributed by atoms with Crippen LogP contribution in [0.4, 0.5) is 5.69 Å². The number of anilines is 1. The van der Waals surface area contributed by atoms with Crippen molar-refractivity contribution in [2.75, 3.05) is 5.32 Å². The Morgan fingerprint density at radius 3 is 2.95 bits per heavy atom. The van der Waals surface area contributed by atoms with Gasteiger partial charge in [-0.25, -0.2) is 4.98 Å². The lowest BCUT2D eigenvalue weighted by molar-refractivity contribution is 0.101. The predicted octanol–water partition coefficient (Wildman–Crippen LogP) is 2.70. The molecule has 0 unspecified atom stereocenters. The summed E-state index contributed by atoms with van der Waals surface area (Å²) in [7, 11) is 0. The zero-order chi connectivity index (χ0) is 14.1.